The molecule has 0 aromatic rings. The molecule has 0 aliphatic heterocycles. The van der Waals surface area contributed by atoms with Crippen LogP contribution in [-0.2, 0) is 4.79 Å². The topological polar surface area (TPSA) is 17.1 Å². The quantitative estimate of drug-likeness (QED) is 0.607. The minimum Gasteiger partial charge on any atom is -0.299 e. The van der Waals surface area contributed by atoms with Gasteiger partial charge in [-0.25, -0.2) is 0 Å². The third kappa shape index (κ3) is 2.33. The molecule has 1 heteroatoms. The van der Waals surface area contributed by atoms with Gasteiger partial charge in [-0.15, -0.1) is 0 Å². The van der Waals surface area contributed by atoms with Crippen LogP contribution in [0.4, 0.5) is 0 Å². The summed E-state index contributed by atoms with van der Waals surface area (Å²) >= 11 is 0. The summed E-state index contributed by atoms with van der Waals surface area (Å²) in [6.45, 7) is 15.0. The van der Waals surface area contributed by atoms with E-state index < -0.39 is 0 Å². The Kier molecular flexibility index (Phi) is 5.72. The monoisotopic (exact) mass is 226 g/mol. The van der Waals surface area contributed by atoms with E-state index in [-0.39, 0.29) is 10.8 Å². The fourth-order valence-electron chi connectivity index (χ4n) is 3.64. The lowest BCUT2D eigenvalue weighted by Gasteiger charge is -2.50. The van der Waals surface area contributed by atoms with Crippen molar-refractivity contribution in [2.75, 3.05) is 0 Å². The Labute approximate surface area is 102 Å². The molecule has 0 unspecified atom stereocenters. The van der Waals surface area contributed by atoms with Gasteiger partial charge in [-0.05, 0) is 31.1 Å². The molecule has 0 rings (SSSR count). The highest BCUT2D eigenvalue weighted by molar-refractivity contribution is 5.82. The number of ketones is 1. The molecule has 0 fully saturated rings. The molecule has 0 aliphatic rings. The van der Waals surface area contributed by atoms with E-state index in [2.05, 4.69) is 41.5 Å². The Morgan fingerprint density at radius 3 is 1.56 bits per heavy atom. The molecule has 0 spiro atoms. The first-order chi connectivity index (χ1) is 7.33. The zero-order chi connectivity index (χ0) is 13.0. The molecule has 0 bridgehead atoms. The van der Waals surface area contributed by atoms with Crippen LogP contribution in [0.15, 0.2) is 0 Å². The molecule has 16 heavy (non-hydrogen) atoms. The lowest BCUT2D eigenvalue weighted by atomic mass is 9.53. The summed E-state index contributed by atoms with van der Waals surface area (Å²) in [7, 11) is 0. The van der Waals surface area contributed by atoms with Crippen molar-refractivity contribution in [1.29, 1.82) is 0 Å². The van der Waals surface area contributed by atoms with Gasteiger partial charge in [-0.3, -0.25) is 4.79 Å². The SMILES string of the molecule is CCC(CC)C(CC)(CC)C(C)(C)C(C)=O. The second-order valence-corrected chi connectivity index (χ2v) is 5.56. The number of hydrogen-bond donors (Lipinski definition) is 0. The summed E-state index contributed by atoms with van der Waals surface area (Å²) in [4.78, 5) is 12.0. The third-order valence-electron chi connectivity index (χ3n) is 5.15. The average Bonchev–Trinajstić information content (AvgIpc) is 2.25. The Morgan fingerprint density at radius 1 is 1.00 bits per heavy atom. The predicted octanol–water partition coefficient (Wildman–Crippen LogP) is 4.84. The predicted molar refractivity (Wildman–Crippen MR) is 71.5 cm³/mol. The zero-order valence-electron chi connectivity index (χ0n) is 12.3. The van der Waals surface area contributed by atoms with Crippen molar-refractivity contribution in [3.05, 3.63) is 0 Å². The van der Waals surface area contributed by atoms with Crippen molar-refractivity contribution in [2.24, 2.45) is 16.7 Å². The standard InChI is InChI=1S/C15H30O/c1-8-13(9-2)15(10-3,11-4)14(6,7)12(5)16/h13H,8-11H2,1-7H3. The van der Waals surface area contributed by atoms with E-state index in [4.69, 9.17) is 0 Å². The van der Waals surface area contributed by atoms with Crippen LogP contribution >= 0.6 is 0 Å². The minimum atomic E-state index is -0.201. The highest BCUT2D eigenvalue weighted by Gasteiger charge is 2.48. The first-order valence-corrected chi connectivity index (χ1v) is 6.84. The normalized spacial score (nSPS) is 13.2. The van der Waals surface area contributed by atoms with E-state index in [0.29, 0.717) is 11.7 Å². The van der Waals surface area contributed by atoms with Gasteiger partial charge in [-0.2, -0.15) is 0 Å². The summed E-state index contributed by atoms with van der Waals surface area (Å²) in [6, 6.07) is 0. The number of carbonyl (C=O) groups excluding carboxylic acids is 1. The van der Waals surface area contributed by atoms with Crippen LogP contribution in [0.3, 0.4) is 0 Å². The smallest absolute Gasteiger partial charge is 0.135 e. The number of hydrogen-bond acceptors (Lipinski definition) is 1. The van der Waals surface area contributed by atoms with Gasteiger partial charge in [0.05, 0.1) is 0 Å². The van der Waals surface area contributed by atoms with Crippen LogP contribution in [-0.4, -0.2) is 5.78 Å². The van der Waals surface area contributed by atoms with Crippen molar-refractivity contribution in [3.63, 3.8) is 0 Å². The molecule has 0 aromatic heterocycles. The molecule has 0 heterocycles. The summed E-state index contributed by atoms with van der Waals surface area (Å²) in [6.07, 6.45) is 4.55. The second-order valence-electron chi connectivity index (χ2n) is 5.56. The van der Waals surface area contributed by atoms with Gasteiger partial charge in [0, 0.05) is 5.41 Å². The first-order valence-electron chi connectivity index (χ1n) is 6.84. The van der Waals surface area contributed by atoms with Gasteiger partial charge in [0.2, 0.25) is 0 Å². The van der Waals surface area contributed by atoms with E-state index in [0.717, 1.165) is 12.8 Å². The minimum absolute atomic E-state index is 0.169. The Morgan fingerprint density at radius 2 is 1.38 bits per heavy atom. The van der Waals surface area contributed by atoms with Crippen LogP contribution in [0.2, 0.25) is 0 Å². The van der Waals surface area contributed by atoms with Crippen LogP contribution in [0.5, 0.6) is 0 Å². The van der Waals surface area contributed by atoms with Crippen LogP contribution in [0, 0.1) is 16.7 Å². The van der Waals surface area contributed by atoms with Crippen molar-refractivity contribution in [1.82, 2.24) is 0 Å². The third-order valence-corrected chi connectivity index (χ3v) is 5.15. The van der Waals surface area contributed by atoms with E-state index in [1.165, 1.54) is 12.8 Å². The lowest BCUT2D eigenvalue weighted by Crippen LogP contribution is -2.47. The van der Waals surface area contributed by atoms with Crippen molar-refractivity contribution in [3.8, 4) is 0 Å². The fraction of sp³-hybridized carbons (Fsp3) is 0.933. The highest BCUT2D eigenvalue weighted by atomic mass is 16.1. The Hall–Kier alpha value is -0.330. The molecule has 0 aliphatic carbocycles. The van der Waals surface area contributed by atoms with Crippen LogP contribution in [0.1, 0.15) is 74.1 Å². The van der Waals surface area contributed by atoms with E-state index in [1.54, 1.807) is 6.92 Å². The summed E-state index contributed by atoms with van der Waals surface area (Å²) in [5.74, 6) is 0.990. The Bertz CT molecular complexity index is 220. The molecule has 0 radical (unpaired) electrons. The number of rotatable bonds is 7. The van der Waals surface area contributed by atoms with E-state index >= 15 is 0 Å². The molecular weight excluding hydrogens is 196 g/mol. The van der Waals surface area contributed by atoms with E-state index in [9.17, 15) is 4.79 Å². The second kappa shape index (κ2) is 5.84. The van der Waals surface area contributed by atoms with Crippen molar-refractivity contribution in [2.45, 2.75) is 74.1 Å². The molecule has 1 nitrogen and oxygen atoms in total. The summed E-state index contributed by atoms with van der Waals surface area (Å²) in [5.41, 5.74) is -0.0322. The van der Waals surface area contributed by atoms with Gasteiger partial charge in [0.25, 0.3) is 0 Å². The molecule has 0 N–H and O–H groups in total. The van der Waals surface area contributed by atoms with Crippen molar-refractivity contribution >= 4 is 5.78 Å². The van der Waals surface area contributed by atoms with Gasteiger partial charge in [0.1, 0.15) is 5.78 Å². The average molecular weight is 226 g/mol. The molecule has 0 atom stereocenters. The van der Waals surface area contributed by atoms with E-state index in [1.807, 2.05) is 0 Å². The maximum atomic E-state index is 12.0. The number of carbonyl (C=O) groups is 1. The van der Waals surface area contributed by atoms with Crippen molar-refractivity contribution < 1.29 is 4.79 Å². The fourth-order valence-corrected chi connectivity index (χ4v) is 3.64. The molecular formula is C15H30O. The largest absolute Gasteiger partial charge is 0.299 e. The van der Waals surface area contributed by atoms with Gasteiger partial charge >= 0.3 is 0 Å². The first kappa shape index (κ1) is 15.7. The molecule has 0 amide bonds. The van der Waals surface area contributed by atoms with Gasteiger partial charge < -0.3 is 0 Å². The van der Waals surface area contributed by atoms with Gasteiger partial charge in [-0.1, -0.05) is 54.4 Å². The highest BCUT2D eigenvalue weighted by Crippen LogP contribution is 2.52. The molecule has 0 saturated heterocycles. The Balaban J connectivity index is 5.47. The molecule has 0 saturated carbocycles. The number of Topliss-reactive ketones (excluding diaryl/α,β-unsaturated/α-hetero) is 1. The lowest BCUT2D eigenvalue weighted by molar-refractivity contribution is -0.137. The maximum Gasteiger partial charge on any atom is 0.135 e. The molecule has 96 valence electrons. The van der Waals surface area contributed by atoms with Gasteiger partial charge in [0.15, 0.2) is 0 Å². The summed E-state index contributed by atoms with van der Waals surface area (Å²) < 4.78 is 0. The molecule has 0 aromatic carbocycles. The van der Waals surface area contributed by atoms with Crippen LogP contribution in [0.25, 0.3) is 0 Å². The summed E-state index contributed by atoms with van der Waals surface area (Å²) in [5, 5.41) is 0. The maximum absolute atomic E-state index is 12.0. The zero-order valence-corrected chi connectivity index (χ0v) is 12.3. The van der Waals surface area contributed by atoms with Crippen LogP contribution < -0.4 is 0 Å².